The zero-order chi connectivity index (χ0) is 60.0. The van der Waals surface area contributed by atoms with E-state index in [0.29, 0.717) is 51.4 Å². The number of rotatable bonds is 13. The molecular formula is C60H68Cl4N12O8S2. The van der Waals surface area contributed by atoms with Gasteiger partial charge in [-0.1, -0.05) is 71.2 Å². The first-order valence-electron chi connectivity index (χ1n) is 28.2. The Morgan fingerprint density at radius 1 is 0.593 bits per heavy atom. The number of likely N-dealkylation sites (tertiary alicyclic amines) is 2. The minimum absolute atomic E-state index is 0. The highest BCUT2D eigenvalue weighted by Gasteiger charge is 2.35. The maximum absolute atomic E-state index is 13.9. The van der Waals surface area contributed by atoms with Crippen LogP contribution < -0.4 is 29.1 Å². The Morgan fingerprint density at radius 3 is 1.57 bits per heavy atom. The number of anilines is 3. The van der Waals surface area contributed by atoms with E-state index < -0.39 is 20.0 Å². The van der Waals surface area contributed by atoms with Crippen LogP contribution in [0.3, 0.4) is 0 Å². The number of aromatic nitrogens is 6. The number of aryl methyl sites for hydroxylation is 2. The van der Waals surface area contributed by atoms with Crippen molar-refractivity contribution in [3.05, 3.63) is 170 Å². The van der Waals surface area contributed by atoms with Gasteiger partial charge in [-0.15, -0.1) is 12.4 Å². The Balaban J connectivity index is 0.000000175. The molecule has 4 aliphatic rings. The highest BCUT2D eigenvalue weighted by molar-refractivity contribution is 7.92. The van der Waals surface area contributed by atoms with Crippen molar-refractivity contribution in [1.29, 1.82) is 0 Å². The lowest BCUT2D eigenvalue weighted by atomic mass is 9.98. The lowest BCUT2D eigenvalue weighted by Gasteiger charge is -2.35. The zero-order valence-corrected chi connectivity index (χ0v) is 52.6. The molecule has 4 fully saturated rings. The van der Waals surface area contributed by atoms with Gasteiger partial charge in [0.05, 0.1) is 65.0 Å². The summed E-state index contributed by atoms with van der Waals surface area (Å²) in [7, 11) is -7.16. The number of carbonyl (C=O) groups excluding carboxylic acids is 2. The number of para-hydroxylation sites is 2. The number of carbonyl (C=O) groups is 2. The van der Waals surface area contributed by atoms with Gasteiger partial charge in [0, 0.05) is 78.3 Å². The van der Waals surface area contributed by atoms with E-state index in [9.17, 15) is 26.4 Å². The van der Waals surface area contributed by atoms with Gasteiger partial charge in [0.1, 0.15) is 34.7 Å². The van der Waals surface area contributed by atoms with E-state index in [1.54, 1.807) is 37.2 Å². The number of nitrogens with one attached hydrogen (secondary N) is 3. The molecule has 4 saturated heterocycles. The Labute approximate surface area is 522 Å². The number of ether oxygens (including phenoxy) is 2. The number of sulfonamides is 2. The minimum Gasteiger partial charge on any atom is -0.489 e. The average molecular weight is 1290 g/mol. The first-order chi connectivity index (χ1) is 40.7. The molecule has 0 bridgehead atoms. The van der Waals surface area contributed by atoms with Crippen molar-refractivity contribution in [1.82, 2.24) is 44.3 Å². The first-order valence-corrected chi connectivity index (χ1v) is 33.1. The SMILES string of the molecule is Cc1cn2nc([C@@H]3CCCCN3C(=O)c3cc(Cl)ccc3NS(C)(=O)=O)cc2nc1Cl.Cc1cn2nc([C@@H]3CCCCN3C(=O)c3cc(Cl)ccc3NS(C)(=O)=O)cc2nc1N1CCC(Oc2ccccc2)C1.Cl.c1ccc(OC2CCNC2)cc1. The van der Waals surface area contributed by atoms with Crippen molar-refractivity contribution < 1.29 is 35.9 Å². The monoisotopic (exact) mass is 1290 g/mol. The molecule has 4 aliphatic heterocycles. The van der Waals surface area contributed by atoms with Gasteiger partial charge in [-0.25, -0.2) is 35.8 Å². The third-order valence-corrected chi connectivity index (χ3v) is 17.0. The summed E-state index contributed by atoms with van der Waals surface area (Å²) in [6.07, 6.45) is 13.4. The Morgan fingerprint density at radius 2 is 1.08 bits per heavy atom. The molecule has 0 saturated carbocycles. The maximum Gasteiger partial charge on any atom is 0.256 e. The molecule has 0 spiro atoms. The van der Waals surface area contributed by atoms with Crippen molar-refractivity contribution in [2.24, 2.45) is 0 Å². The van der Waals surface area contributed by atoms with Crippen LogP contribution in [-0.2, 0) is 20.0 Å². The molecule has 4 aromatic heterocycles. The van der Waals surface area contributed by atoms with Gasteiger partial charge in [-0.2, -0.15) is 10.2 Å². The summed E-state index contributed by atoms with van der Waals surface area (Å²) < 4.78 is 67.7. The van der Waals surface area contributed by atoms with Gasteiger partial charge < -0.3 is 29.5 Å². The maximum atomic E-state index is 13.9. The lowest BCUT2D eigenvalue weighted by Crippen LogP contribution is -2.39. The predicted octanol–water partition coefficient (Wildman–Crippen LogP) is 11.0. The molecule has 20 nitrogen and oxygen atoms in total. The van der Waals surface area contributed by atoms with Gasteiger partial charge in [0.15, 0.2) is 11.3 Å². The summed E-state index contributed by atoms with van der Waals surface area (Å²) in [5.41, 5.74) is 5.38. The van der Waals surface area contributed by atoms with E-state index >= 15 is 0 Å². The molecule has 12 rings (SSSR count). The third kappa shape index (κ3) is 16.0. The molecule has 456 valence electrons. The smallest absolute Gasteiger partial charge is 0.256 e. The van der Waals surface area contributed by atoms with Crippen LogP contribution in [0.25, 0.3) is 11.3 Å². The molecule has 26 heteroatoms. The third-order valence-electron chi connectivity index (χ3n) is 15.0. The molecule has 3 N–H and O–H groups in total. The van der Waals surface area contributed by atoms with Crippen molar-refractivity contribution >= 4 is 108 Å². The fraction of sp³-hybridized carbons (Fsp3) is 0.367. The van der Waals surface area contributed by atoms with Gasteiger partial charge in [-0.3, -0.25) is 19.0 Å². The summed E-state index contributed by atoms with van der Waals surface area (Å²) in [5, 5.41) is 13.8. The number of halogens is 4. The molecule has 2 unspecified atom stereocenters. The largest absolute Gasteiger partial charge is 0.489 e. The summed E-state index contributed by atoms with van der Waals surface area (Å²) in [4.78, 5) is 42.5. The molecule has 8 heterocycles. The quantitative estimate of drug-likeness (QED) is 0.0913. The second-order valence-corrected chi connectivity index (χ2v) is 26.4. The topological polar surface area (TPSA) is 227 Å². The molecule has 86 heavy (non-hydrogen) atoms. The van der Waals surface area contributed by atoms with Crippen LogP contribution in [0.15, 0.2) is 122 Å². The van der Waals surface area contributed by atoms with Crippen LogP contribution in [0.2, 0.25) is 15.2 Å². The highest BCUT2D eigenvalue weighted by atomic mass is 35.5. The van der Waals surface area contributed by atoms with Crippen LogP contribution in [0.5, 0.6) is 11.5 Å². The minimum atomic E-state index is -3.59. The van der Waals surface area contributed by atoms with Crippen LogP contribution in [0.1, 0.15) is 107 Å². The normalized spacial score (nSPS) is 18.8. The fourth-order valence-corrected chi connectivity index (χ4v) is 12.7. The number of amides is 2. The van der Waals surface area contributed by atoms with E-state index in [2.05, 4.69) is 29.7 Å². The van der Waals surface area contributed by atoms with E-state index in [1.807, 2.05) is 92.8 Å². The number of hydrogen-bond acceptors (Lipinski definition) is 14. The number of piperidine rings is 2. The summed E-state index contributed by atoms with van der Waals surface area (Å²) in [6.45, 7) is 8.58. The van der Waals surface area contributed by atoms with Crippen molar-refractivity contribution in [3.63, 3.8) is 0 Å². The van der Waals surface area contributed by atoms with E-state index in [0.717, 1.165) is 124 Å². The van der Waals surface area contributed by atoms with E-state index in [1.165, 1.54) is 24.3 Å². The van der Waals surface area contributed by atoms with Gasteiger partial charge in [0.2, 0.25) is 20.0 Å². The van der Waals surface area contributed by atoms with Crippen LogP contribution in [-0.4, -0.2) is 132 Å². The van der Waals surface area contributed by atoms with E-state index in [-0.39, 0.29) is 64.9 Å². The van der Waals surface area contributed by atoms with Crippen LogP contribution >= 0.6 is 47.2 Å². The first kappa shape index (κ1) is 63.6. The number of nitrogens with zero attached hydrogens (tertiary/aromatic N) is 9. The molecule has 8 aromatic rings. The van der Waals surface area contributed by atoms with Crippen molar-refractivity contribution in [3.8, 4) is 11.5 Å². The number of fused-ring (bicyclic) bond motifs is 2. The second-order valence-electron chi connectivity index (χ2n) is 21.7. The summed E-state index contributed by atoms with van der Waals surface area (Å²) >= 11 is 18.5. The summed E-state index contributed by atoms with van der Waals surface area (Å²) in [5.74, 6) is 2.15. The van der Waals surface area contributed by atoms with Crippen LogP contribution in [0, 0.1) is 13.8 Å². The van der Waals surface area contributed by atoms with Crippen LogP contribution in [0.4, 0.5) is 17.2 Å². The fourth-order valence-electron chi connectivity index (χ4n) is 11.0. The molecule has 0 radical (unpaired) electrons. The Hall–Kier alpha value is -6.92. The molecule has 2 amide bonds. The van der Waals surface area contributed by atoms with Gasteiger partial charge in [0.25, 0.3) is 11.8 Å². The molecule has 4 aromatic carbocycles. The Kier molecular flexibility index (Phi) is 20.6. The standard InChI is InChI=1S/C30H33ClN6O4S.C20H21Cl2N5O3S.C10H13NO.ClH/c1-20-18-37-28(32-29(20)35-15-13-23(19-35)41-22-8-4-3-5-9-22)17-26(33-37)27-10-6-7-14-36(27)30(38)24-16-21(31)11-12-25(24)34-42(2,39)40;1-12-11-27-18(23-19(12)22)10-16(24-27)17-5-3-4-8-26(17)20(28)14-9-13(21)6-7-15(14)25-31(2,29)30;1-2-4-9(5-3-1)12-10-6-7-11-8-10;/h3-5,8-9,11-12,16-18,23,27,34H,6-7,10,13-15,19H2,1-2H3;6-7,9-11,17,25H,3-5,8H2,1-2H3;1-5,10-11H,6-8H2;1H/t23?,27-;17-;;/m00../s1. The number of hydrogen-bond donors (Lipinski definition) is 3. The number of benzene rings is 4. The van der Waals surface area contributed by atoms with Crippen molar-refractivity contribution in [2.75, 3.05) is 66.1 Å². The molecule has 0 aliphatic carbocycles. The van der Waals surface area contributed by atoms with E-state index in [4.69, 9.17) is 54.4 Å². The zero-order valence-electron chi connectivity index (χ0n) is 47.9. The van der Waals surface area contributed by atoms with Gasteiger partial charge >= 0.3 is 0 Å². The lowest BCUT2D eigenvalue weighted by molar-refractivity contribution is 0.0600. The average Bonchev–Trinajstić information content (AvgIpc) is 2.45. The second kappa shape index (κ2) is 27.8. The summed E-state index contributed by atoms with van der Waals surface area (Å²) in [6, 6.07) is 32.2. The van der Waals surface area contributed by atoms with Gasteiger partial charge in [-0.05, 0) is 126 Å². The predicted molar refractivity (Wildman–Crippen MR) is 339 cm³/mol. The highest BCUT2D eigenvalue weighted by Crippen LogP contribution is 2.37. The molecular weight excluding hydrogens is 1220 g/mol. The Bertz CT molecular complexity index is 3890. The van der Waals surface area contributed by atoms with Crippen molar-refractivity contribution in [2.45, 2.75) is 89.5 Å². The molecule has 4 atom stereocenters.